The van der Waals surface area contributed by atoms with Gasteiger partial charge in [0.1, 0.15) is 30.1 Å². The third-order valence-corrected chi connectivity index (χ3v) is 11.4. The van der Waals surface area contributed by atoms with Crippen LogP contribution in [0.25, 0.3) is 43.6 Å². The molecule has 10 rings (SSSR count). The van der Waals surface area contributed by atoms with Crippen molar-refractivity contribution < 1.29 is 23.7 Å². The van der Waals surface area contributed by atoms with Crippen LogP contribution in [0.15, 0.2) is 182 Å². The number of aromatic nitrogens is 3. The zero-order chi connectivity index (χ0) is 40.1. The van der Waals surface area contributed by atoms with Crippen molar-refractivity contribution in [1.29, 1.82) is 0 Å². The molecule has 0 radical (unpaired) electrons. The van der Waals surface area contributed by atoms with Crippen LogP contribution in [0.1, 0.15) is 28.5 Å². The van der Waals surface area contributed by atoms with Crippen molar-refractivity contribution in [3.63, 3.8) is 0 Å². The molecule has 0 amide bonds. The van der Waals surface area contributed by atoms with Crippen LogP contribution >= 0.6 is 0 Å². The summed E-state index contributed by atoms with van der Waals surface area (Å²) in [6.45, 7) is 1.69. The Labute approximate surface area is 349 Å². The van der Waals surface area contributed by atoms with Crippen LogP contribution in [0.4, 0.5) is 0 Å². The Balaban J connectivity index is 1.04. The summed E-state index contributed by atoms with van der Waals surface area (Å²) in [5, 5.41) is 16.8. The highest BCUT2D eigenvalue weighted by molar-refractivity contribution is 6.25. The largest absolute Gasteiger partial charge is 0.374 e. The molecule has 5 atom stereocenters. The van der Waals surface area contributed by atoms with E-state index in [1.54, 1.807) is 4.68 Å². The zero-order valence-corrected chi connectivity index (χ0v) is 33.1. The smallest absolute Gasteiger partial charge is 0.181 e. The van der Waals surface area contributed by atoms with E-state index < -0.39 is 30.6 Å². The number of ether oxygens (including phenoxy) is 5. The molecule has 8 nitrogen and oxygen atoms in total. The first kappa shape index (κ1) is 38.0. The molecule has 9 aromatic rings. The standard InChI is InChI=1S/C52H45N3O5/c1-5-14-36(15-6-1)31-56-35-46-49(57-32-37-16-7-2-8-17-37)50(58-33-38-18-9-3-10-19-38)51(59-34-39-20-11-4-12-21-39)52(60-46)55-30-45(53-54-55)43-28-26-42-25-24-40-22-13-23-41-27-29-44(43)48(42)47(40)41/h1-30,46,49-52H,31-35H2/t46?,49-,50?,51?,52-/m1/s1. The van der Waals surface area contributed by atoms with E-state index in [1.165, 1.54) is 26.9 Å². The predicted molar refractivity (Wildman–Crippen MR) is 234 cm³/mol. The highest BCUT2D eigenvalue weighted by Gasteiger charge is 2.50. The van der Waals surface area contributed by atoms with Gasteiger partial charge in [-0.3, -0.25) is 0 Å². The Morgan fingerprint density at radius 3 is 1.57 bits per heavy atom. The van der Waals surface area contributed by atoms with Gasteiger partial charge in [0.05, 0.1) is 39.2 Å². The maximum absolute atomic E-state index is 7.13. The first-order valence-corrected chi connectivity index (χ1v) is 20.6. The molecule has 1 saturated heterocycles. The normalized spacial score (nSPS) is 19.4. The summed E-state index contributed by atoms with van der Waals surface area (Å²) in [6.07, 6.45) is -1.14. The lowest BCUT2D eigenvalue weighted by molar-refractivity contribution is -0.292. The lowest BCUT2D eigenvalue weighted by Gasteiger charge is -2.46. The van der Waals surface area contributed by atoms with Gasteiger partial charge in [0.25, 0.3) is 0 Å². The molecule has 8 heteroatoms. The molecule has 0 spiro atoms. The van der Waals surface area contributed by atoms with Crippen molar-refractivity contribution in [2.75, 3.05) is 6.61 Å². The average molecular weight is 792 g/mol. The molecule has 3 unspecified atom stereocenters. The molecule has 0 bridgehead atoms. The van der Waals surface area contributed by atoms with Crippen molar-refractivity contribution in [3.05, 3.63) is 204 Å². The maximum atomic E-state index is 7.13. The fraction of sp³-hybridized carbons (Fsp3) is 0.192. The third-order valence-electron chi connectivity index (χ3n) is 11.4. The van der Waals surface area contributed by atoms with Crippen LogP contribution in [-0.4, -0.2) is 46.0 Å². The van der Waals surface area contributed by atoms with Gasteiger partial charge in [0, 0.05) is 5.56 Å². The summed E-state index contributed by atoms with van der Waals surface area (Å²) >= 11 is 0. The zero-order valence-electron chi connectivity index (χ0n) is 33.1. The first-order chi connectivity index (χ1) is 29.7. The second-order valence-corrected chi connectivity index (χ2v) is 15.4. The second kappa shape index (κ2) is 17.5. The van der Waals surface area contributed by atoms with Crippen LogP contribution in [0.5, 0.6) is 0 Å². The van der Waals surface area contributed by atoms with Crippen LogP contribution in [-0.2, 0) is 50.1 Å². The molecule has 2 heterocycles. The van der Waals surface area contributed by atoms with Gasteiger partial charge in [-0.2, -0.15) is 0 Å². The molecule has 1 aliphatic rings. The third kappa shape index (κ3) is 8.04. The summed E-state index contributed by atoms with van der Waals surface area (Å²) in [4.78, 5) is 0. The molecular formula is C52H45N3O5. The Kier molecular flexibility index (Phi) is 11.1. The minimum atomic E-state index is -0.738. The molecular weight excluding hydrogens is 747 g/mol. The highest BCUT2D eigenvalue weighted by Crippen LogP contribution is 2.40. The highest BCUT2D eigenvalue weighted by atomic mass is 16.6. The molecule has 1 fully saturated rings. The summed E-state index contributed by atoms with van der Waals surface area (Å²) in [7, 11) is 0. The Morgan fingerprint density at radius 1 is 0.467 bits per heavy atom. The number of benzene rings is 8. The van der Waals surface area contributed by atoms with E-state index in [2.05, 4.69) is 103 Å². The Morgan fingerprint density at radius 2 is 0.967 bits per heavy atom. The van der Waals surface area contributed by atoms with Gasteiger partial charge in [-0.25, -0.2) is 4.68 Å². The fourth-order valence-corrected chi connectivity index (χ4v) is 8.46. The summed E-state index contributed by atoms with van der Waals surface area (Å²) in [5.41, 5.74) is 5.91. The molecule has 1 aliphatic heterocycles. The molecule has 298 valence electrons. The molecule has 8 aromatic carbocycles. The second-order valence-electron chi connectivity index (χ2n) is 15.4. The number of rotatable bonds is 15. The average Bonchev–Trinajstić information content (AvgIpc) is 3.80. The van der Waals surface area contributed by atoms with Gasteiger partial charge in [-0.1, -0.05) is 181 Å². The monoisotopic (exact) mass is 791 g/mol. The summed E-state index contributed by atoms with van der Waals surface area (Å²) in [5.74, 6) is 0. The fourth-order valence-electron chi connectivity index (χ4n) is 8.46. The molecule has 0 saturated carbocycles. The summed E-state index contributed by atoms with van der Waals surface area (Å²) in [6, 6.07) is 60.2. The van der Waals surface area contributed by atoms with E-state index in [-0.39, 0.29) is 6.61 Å². The Hall–Kier alpha value is -6.26. The topological polar surface area (TPSA) is 76.9 Å². The van der Waals surface area contributed by atoms with E-state index in [9.17, 15) is 0 Å². The lowest BCUT2D eigenvalue weighted by Crippen LogP contribution is -2.59. The van der Waals surface area contributed by atoms with Crippen molar-refractivity contribution in [2.45, 2.75) is 57.1 Å². The van der Waals surface area contributed by atoms with Crippen molar-refractivity contribution >= 4 is 32.3 Å². The van der Waals surface area contributed by atoms with Crippen LogP contribution < -0.4 is 0 Å². The van der Waals surface area contributed by atoms with Gasteiger partial charge in [-0.05, 0) is 54.6 Å². The van der Waals surface area contributed by atoms with E-state index in [1.807, 2.05) is 79.0 Å². The van der Waals surface area contributed by atoms with E-state index in [4.69, 9.17) is 34.0 Å². The number of hydrogen-bond acceptors (Lipinski definition) is 7. The van der Waals surface area contributed by atoms with Crippen molar-refractivity contribution in [3.8, 4) is 11.3 Å². The molecule has 1 aromatic heterocycles. The van der Waals surface area contributed by atoms with E-state index in [0.29, 0.717) is 26.4 Å². The molecule has 0 aliphatic carbocycles. The molecule has 0 N–H and O–H groups in total. The van der Waals surface area contributed by atoms with Crippen molar-refractivity contribution in [2.24, 2.45) is 0 Å². The van der Waals surface area contributed by atoms with Crippen LogP contribution in [0, 0.1) is 0 Å². The number of nitrogens with zero attached hydrogens (tertiary/aromatic N) is 3. The van der Waals surface area contributed by atoms with Crippen molar-refractivity contribution in [1.82, 2.24) is 15.0 Å². The number of hydrogen-bond donors (Lipinski definition) is 0. The van der Waals surface area contributed by atoms with Crippen LogP contribution in [0.2, 0.25) is 0 Å². The van der Waals surface area contributed by atoms with Gasteiger partial charge >= 0.3 is 0 Å². The van der Waals surface area contributed by atoms with Crippen LogP contribution in [0.3, 0.4) is 0 Å². The van der Waals surface area contributed by atoms with E-state index >= 15 is 0 Å². The lowest BCUT2D eigenvalue weighted by atomic mass is 9.91. The van der Waals surface area contributed by atoms with Gasteiger partial charge < -0.3 is 23.7 Å². The van der Waals surface area contributed by atoms with Gasteiger partial charge in [0.2, 0.25) is 0 Å². The predicted octanol–water partition coefficient (Wildman–Crippen LogP) is 10.7. The molecule has 60 heavy (non-hydrogen) atoms. The quantitative estimate of drug-likeness (QED) is 0.0957. The SMILES string of the molecule is c1ccc(COCC2O[C@@H](n3cc(-c4ccc5ccc6cccc7ccc4c5c67)nn3)C(OCc3ccccc3)C(OCc3ccccc3)[C@@H]2OCc2ccccc2)cc1. The minimum absolute atomic E-state index is 0.248. The first-order valence-electron chi connectivity index (χ1n) is 20.6. The van der Waals surface area contributed by atoms with E-state index in [0.717, 1.165) is 38.9 Å². The van der Waals surface area contributed by atoms with Gasteiger partial charge in [0.15, 0.2) is 6.23 Å². The maximum Gasteiger partial charge on any atom is 0.181 e. The van der Waals surface area contributed by atoms with Gasteiger partial charge in [-0.15, -0.1) is 5.10 Å². The minimum Gasteiger partial charge on any atom is -0.374 e. The Bertz CT molecular complexity index is 2750. The summed E-state index contributed by atoms with van der Waals surface area (Å²) < 4.78 is 36.2.